The van der Waals surface area contributed by atoms with E-state index in [4.69, 9.17) is 4.74 Å². The second-order valence-corrected chi connectivity index (χ2v) is 13.4. The molecule has 4 atom stereocenters. The Morgan fingerprint density at radius 1 is 0.848 bits per heavy atom. The van der Waals surface area contributed by atoms with Crippen LogP contribution in [0.2, 0.25) is 0 Å². The lowest BCUT2D eigenvalue weighted by Crippen LogP contribution is -2.51. The largest absolute Gasteiger partial charge is 0.436 e. The van der Waals surface area contributed by atoms with Crippen LogP contribution >= 0.6 is 0 Å². The standard InChI is InChI=1S/C39H43N3O4/c1-25(40-38(45)46-36-32-16-10-8-14-30(32)31-15-9-11-17-33(31)36)37(44)41-28-20-18-26(19-21-28)24-29-22-23-34(42(29)39(2,3)4)35(43)27-12-6-5-7-13-27/h5-21,25,29,34-36,43H,22-24H2,1-4H3,(H,40,45)(H,41,44)/t25-,29-,34+,35+/m0/s1. The normalized spacial score (nSPS) is 19.2. The van der Waals surface area contributed by atoms with E-state index in [1.165, 1.54) is 5.56 Å². The van der Waals surface area contributed by atoms with E-state index in [0.717, 1.165) is 47.1 Å². The lowest BCUT2D eigenvalue weighted by atomic mass is 9.95. The van der Waals surface area contributed by atoms with Crippen LogP contribution in [-0.4, -0.2) is 45.7 Å². The molecular weight excluding hydrogens is 574 g/mol. The van der Waals surface area contributed by atoms with E-state index in [2.05, 4.69) is 36.3 Å². The summed E-state index contributed by atoms with van der Waals surface area (Å²) in [4.78, 5) is 28.4. The Hall–Kier alpha value is -4.46. The first-order chi connectivity index (χ1) is 22.1. The van der Waals surface area contributed by atoms with Gasteiger partial charge in [-0.3, -0.25) is 9.69 Å². The first-order valence-corrected chi connectivity index (χ1v) is 16.2. The highest BCUT2D eigenvalue weighted by molar-refractivity contribution is 5.96. The van der Waals surface area contributed by atoms with Crippen LogP contribution in [0.4, 0.5) is 10.5 Å². The number of fused-ring (bicyclic) bond motifs is 3. The second-order valence-electron chi connectivity index (χ2n) is 13.4. The lowest BCUT2D eigenvalue weighted by molar-refractivity contribution is -0.117. The van der Waals surface area contributed by atoms with Crippen LogP contribution in [0.5, 0.6) is 0 Å². The molecule has 4 aromatic carbocycles. The first-order valence-electron chi connectivity index (χ1n) is 16.2. The van der Waals surface area contributed by atoms with Crippen molar-refractivity contribution in [2.24, 2.45) is 0 Å². The molecule has 46 heavy (non-hydrogen) atoms. The number of carbonyl (C=O) groups is 2. The highest BCUT2D eigenvalue weighted by atomic mass is 16.6. The van der Waals surface area contributed by atoms with Crippen molar-refractivity contribution < 1.29 is 19.4 Å². The number of aliphatic hydroxyl groups is 1. The summed E-state index contributed by atoms with van der Waals surface area (Å²) in [5.41, 5.74) is 6.63. The molecule has 7 heteroatoms. The molecule has 1 aliphatic carbocycles. The van der Waals surface area contributed by atoms with Gasteiger partial charge in [0, 0.05) is 34.4 Å². The average Bonchev–Trinajstić information content (AvgIpc) is 3.62. The zero-order valence-corrected chi connectivity index (χ0v) is 26.9. The van der Waals surface area contributed by atoms with Crippen molar-refractivity contribution in [1.82, 2.24) is 10.2 Å². The Labute approximate surface area is 271 Å². The number of anilines is 1. The van der Waals surface area contributed by atoms with Gasteiger partial charge in [-0.05, 0) is 81.3 Å². The number of aliphatic hydroxyl groups excluding tert-OH is 1. The molecular formula is C39H43N3O4. The zero-order chi connectivity index (χ0) is 32.4. The zero-order valence-electron chi connectivity index (χ0n) is 26.9. The maximum Gasteiger partial charge on any atom is 0.408 e. The number of carbonyl (C=O) groups excluding carboxylic acids is 2. The van der Waals surface area contributed by atoms with Crippen molar-refractivity contribution in [3.63, 3.8) is 0 Å². The summed E-state index contributed by atoms with van der Waals surface area (Å²) in [5, 5.41) is 16.9. The minimum atomic E-state index is -0.800. The maximum atomic E-state index is 13.0. The third-order valence-electron chi connectivity index (χ3n) is 9.25. The quantitative estimate of drug-likeness (QED) is 0.192. The van der Waals surface area contributed by atoms with E-state index in [9.17, 15) is 14.7 Å². The van der Waals surface area contributed by atoms with E-state index >= 15 is 0 Å². The van der Waals surface area contributed by atoms with Crippen LogP contribution in [0, 0.1) is 0 Å². The van der Waals surface area contributed by atoms with Crippen molar-refractivity contribution in [2.75, 3.05) is 5.32 Å². The first kappa shape index (κ1) is 31.5. The van der Waals surface area contributed by atoms with Crippen LogP contribution in [0.15, 0.2) is 103 Å². The van der Waals surface area contributed by atoms with Gasteiger partial charge in [0.2, 0.25) is 5.91 Å². The Balaban J connectivity index is 1.04. The Kier molecular flexibility index (Phi) is 8.98. The van der Waals surface area contributed by atoms with Gasteiger partial charge in [0.05, 0.1) is 6.10 Å². The molecule has 0 bridgehead atoms. The van der Waals surface area contributed by atoms with Crippen molar-refractivity contribution in [2.45, 2.75) is 82.8 Å². The molecule has 1 heterocycles. The number of amides is 2. The summed E-state index contributed by atoms with van der Waals surface area (Å²) < 4.78 is 5.84. The number of hydrogen-bond donors (Lipinski definition) is 3. The smallest absolute Gasteiger partial charge is 0.408 e. The van der Waals surface area contributed by atoms with Gasteiger partial charge in [-0.15, -0.1) is 0 Å². The van der Waals surface area contributed by atoms with Crippen LogP contribution in [0.3, 0.4) is 0 Å². The monoisotopic (exact) mass is 617 g/mol. The Morgan fingerprint density at radius 3 is 2.04 bits per heavy atom. The van der Waals surface area contributed by atoms with Gasteiger partial charge in [0.1, 0.15) is 6.04 Å². The van der Waals surface area contributed by atoms with Gasteiger partial charge in [0.15, 0.2) is 6.10 Å². The summed E-state index contributed by atoms with van der Waals surface area (Å²) >= 11 is 0. The Bertz CT molecular complexity index is 1640. The topological polar surface area (TPSA) is 90.9 Å². The molecule has 7 nitrogen and oxygen atoms in total. The van der Waals surface area contributed by atoms with Crippen LogP contribution in [-0.2, 0) is 16.0 Å². The summed E-state index contributed by atoms with van der Waals surface area (Å²) in [7, 11) is 0. The van der Waals surface area contributed by atoms with E-state index in [1.54, 1.807) is 6.92 Å². The molecule has 2 aliphatic rings. The molecule has 0 aromatic heterocycles. The van der Waals surface area contributed by atoms with Crippen molar-refractivity contribution in [3.05, 3.63) is 125 Å². The lowest BCUT2D eigenvalue weighted by Gasteiger charge is -2.43. The summed E-state index contributed by atoms with van der Waals surface area (Å²) in [6, 6.07) is 33.1. The molecule has 1 saturated heterocycles. The van der Waals surface area contributed by atoms with Crippen molar-refractivity contribution >= 4 is 17.7 Å². The molecule has 0 spiro atoms. The van der Waals surface area contributed by atoms with Gasteiger partial charge in [-0.2, -0.15) is 0 Å². The van der Waals surface area contributed by atoms with Crippen molar-refractivity contribution in [1.29, 1.82) is 0 Å². The van der Waals surface area contributed by atoms with Crippen LogP contribution in [0.25, 0.3) is 11.1 Å². The average molecular weight is 618 g/mol. The number of nitrogens with one attached hydrogen (secondary N) is 2. The summed E-state index contributed by atoms with van der Waals surface area (Å²) in [6.07, 6.45) is 1.06. The predicted molar refractivity (Wildman–Crippen MR) is 181 cm³/mol. The number of rotatable bonds is 8. The fourth-order valence-corrected chi connectivity index (χ4v) is 7.21. The molecule has 1 aliphatic heterocycles. The van der Waals surface area contributed by atoms with Gasteiger partial charge in [-0.25, -0.2) is 4.79 Å². The van der Waals surface area contributed by atoms with Gasteiger partial charge >= 0.3 is 6.09 Å². The SMILES string of the molecule is C[C@H](NC(=O)OC1c2ccccc2-c2ccccc21)C(=O)Nc1ccc(C[C@@H]2CC[C@H]([C@H](O)c3ccccc3)N2C(C)(C)C)cc1. The number of benzene rings is 4. The molecule has 3 N–H and O–H groups in total. The number of nitrogens with zero attached hydrogens (tertiary/aromatic N) is 1. The third kappa shape index (κ3) is 6.57. The molecule has 2 amide bonds. The number of likely N-dealkylation sites (tertiary alicyclic amines) is 1. The number of ether oxygens (including phenoxy) is 1. The fourth-order valence-electron chi connectivity index (χ4n) is 7.21. The molecule has 238 valence electrons. The molecule has 6 rings (SSSR count). The van der Waals surface area contributed by atoms with Crippen molar-refractivity contribution in [3.8, 4) is 11.1 Å². The molecule has 0 radical (unpaired) electrons. The third-order valence-corrected chi connectivity index (χ3v) is 9.25. The van der Waals surface area contributed by atoms with Gasteiger partial charge in [-0.1, -0.05) is 91.0 Å². The number of alkyl carbamates (subject to hydrolysis) is 1. The maximum absolute atomic E-state index is 13.0. The van der Waals surface area contributed by atoms with Gasteiger partial charge < -0.3 is 20.5 Å². The summed E-state index contributed by atoms with van der Waals surface area (Å²) in [6.45, 7) is 8.28. The highest BCUT2D eigenvalue weighted by Crippen LogP contribution is 2.45. The van der Waals surface area contributed by atoms with E-state index in [-0.39, 0.29) is 23.5 Å². The second kappa shape index (κ2) is 13.1. The molecule has 4 aromatic rings. The molecule has 1 fully saturated rings. The van der Waals surface area contributed by atoms with Crippen LogP contribution < -0.4 is 10.6 Å². The highest BCUT2D eigenvalue weighted by Gasteiger charge is 2.43. The van der Waals surface area contributed by atoms with Gasteiger partial charge in [0.25, 0.3) is 0 Å². The molecule has 0 saturated carbocycles. The fraction of sp³-hybridized carbons (Fsp3) is 0.333. The van der Waals surface area contributed by atoms with E-state index in [0.29, 0.717) is 5.69 Å². The number of hydrogen-bond acceptors (Lipinski definition) is 5. The predicted octanol–water partition coefficient (Wildman–Crippen LogP) is 7.42. The minimum Gasteiger partial charge on any atom is -0.436 e. The Morgan fingerprint density at radius 2 is 1.43 bits per heavy atom. The summed E-state index contributed by atoms with van der Waals surface area (Å²) in [5.74, 6) is -0.329. The minimum absolute atomic E-state index is 0.0461. The van der Waals surface area contributed by atoms with E-state index in [1.807, 2.05) is 103 Å². The van der Waals surface area contributed by atoms with Crippen LogP contribution in [0.1, 0.15) is 75.0 Å². The molecule has 0 unspecified atom stereocenters. The van der Waals surface area contributed by atoms with E-state index < -0.39 is 24.3 Å².